The topological polar surface area (TPSA) is 131 Å². The lowest BCUT2D eigenvalue weighted by molar-refractivity contribution is 0.0646. The van der Waals surface area contributed by atoms with E-state index in [0.29, 0.717) is 18.7 Å². The molecule has 11 nitrogen and oxygen atoms in total. The summed E-state index contributed by atoms with van der Waals surface area (Å²) in [7, 11) is 0. The van der Waals surface area contributed by atoms with Crippen LogP contribution in [-0.4, -0.2) is 57.1 Å². The Kier molecular flexibility index (Phi) is 3.85. The van der Waals surface area contributed by atoms with E-state index >= 15 is 0 Å². The summed E-state index contributed by atoms with van der Waals surface area (Å²) >= 11 is 0. The predicted molar refractivity (Wildman–Crippen MR) is 106 cm³/mol. The van der Waals surface area contributed by atoms with Gasteiger partial charge in [-0.15, -0.1) is 10.2 Å². The molecule has 11 heteroatoms. The molecule has 5 aromatic heterocycles. The zero-order chi connectivity index (χ0) is 20.8. The second kappa shape index (κ2) is 6.83. The van der Waals surface area contributed by atoms with Gasteiger partial charge in [0.1, 0.15) is 6.04 Å². The molecular weight excluding hydrogens is 398 g/mol. The number of carbonyl (C=O) groups excluding carboxylic acids is 1. The number of H-pyrrole nitrogens is 1. The number of carbonyl (C=O) groups is 1. The van der Waals surface area contributed by atoms with Gasteiger partial charge >= 0.3 is 11.8 Å². The maximum Gasteiger partial charge on any atom is 0.312 e. The highest BCUT2D eigenvalue weighted by atomic mass is 16.4. The van der Waals surface area contributed by atoms with Crippen molar-refractivity contribution >= 4 is 11.4 Å². The zero-order valence-corrected chi connectivity index (χ0v) is 16.1. The molecule has 0 aromatic carbocycles. The number of nitrogens with one attached hydrogen (secondary N) is 1. The third-order valence-corrected chi connectivity index (χ3v) is 5.22. The maximum absolute atomic E-state index is 13.4. The van der Waals surface area contributed by atoms with Gasteiger partial charge in [-0.1, -0.05) is 6.07 Å². The van der Waals surface area contributed by atoms with Gasteiger partial charge in [0, 0.05) is 37.3 Å². The van der Waals surface area contributed by atoms with Gasteiger partial charge in [-0.2, -0.15) is 5.10 Å². The fraction of sp³-hybridized carbons (Fsp3) is 0.150. The molecule has 0 bridgehead atoms. The minimum absolute atomic E-state index is 0.0886. The van der Waals surface area contributed by atoms with Gasteiger partial charge in [-0.25, -0.2) is 19.5 Å². The molecule has 0 fully saturated rings. The van der Waals surface area contributed by atoms with E-state index in [9.17, 15) is 4.79 Å². The van der Waals surface area contributed by atoms with Crippen LogP contribution in [0.5, 0.6) is 0 Å². The molecule has 1 amide bonds. The molecule has 1 unspecified atom stereocenters. The van der Waals surface area contributed by atoms with E-state index in [-0.39, 0.29) is 17.6 Å². The van der Waals surface area contributed by atoms with Crippen LogP contribution in [0.1, 0.15) is 33.8 Å². The van der Waals surface area contributed by atoms with Gasteiger partial charge in [-0.3, -0.25) is 4.79 Å². The van der Waals surface area contributed by atoms with Crippen molar-refractivity contribution in [1.82, 2.24) is 44.6 Å². The highest BCUT2D eigenvalue weighted by molar-refractivity contribution is 5.90. The van der Waals surface area contributed by atoms with Crippen molar-refractivity contribution < 1.29 is 9.21 Å². The van der Waals surface area contributed by atoms with E-state index in [1.807, 2.05) is 30.5 Å². The lowest BCUT2D eigenvalue weighted by Gasteiger charge is -2.32. The summed E-state index contributed by atoms with van der Waals surface area (Å²) < 4.78 is 7.38. The smallest absolute Gasteiger partial charge is 0.312 e. The molecule has 0 aliphatic carbocycles. The first-order valence-corrected chi connectivity index (χ1v) is 9.66. The number of hydrogen-bond donors (Lipinski definition) is 1. The average Bonchev–Trinajstić information content (AvgIpc) is 3.57. The minimum Gasteiger partial charge on any atom is -0.409 e. The van der Waals surface area contributed by atoms with Gasteiger partial charge in [0.25, 0.3) is 5.89 Å². The Hall–Kier alpha value is -4.41. The Morgan fingerprint density at radius 3 is 2.90 bits per heavy atom. The van der Waals surface area contributed by atoms with Crippen LogP contribution in [-0.2, 0) is 6.42 Å². The standard InChI is InChI=1S/C20H15N9O2/c30-20(19-26-25-18(31-19)17-21-6-3-7-22-17)28-9-5-13-15(24-11-23-13)16(28)14-10-12-4-1-2-8-29(12)27-14/h1-4,6-8,10-11,16H,5,9H2,(H,23,24). The van der Waals surface area contributed by atoms with Gasteiger partial charge < -0.3 is 14.3 Å². The molecule has 1 N–H and O–H groups in total. The van der Waals surface area contributed by atoms with Crippen molar-refractivity contribution in [1.29, 1.82) is 0 Å². The Morgan fingerprint density at radius 2 is 2.03 bits per heavy atom. The molecule has 6 rings (SSSR count). The van der Waals surface area contributed by atoms with Crippen LogP contribution in [0.3, 0.4) is 0 Å². The van der Waals surface area contributed by atoms with Crippen LogP contribution in [0.25, 0.3) is 17.2 Å². The number of amides is 1. The number of rotatable bonds is 3. The maximum atomic E-state index is 13.4. The predicted octanol–water partition coefficient (Wildman–Crippen LogP) is 1.69. The molecule has 0 saturated heterocycles. The Morgan fingerprint density at radius 1 is 1.13 bits per heavy atom. The summed E-state index contributed by atoms with van der Waals surface area (Å²) in [6, 6.07) is 8.95. The number of imidazole rings is 1. The summed E-state index contributed by atoms with van der Waals surface area (Å²) in [4.78, 5) is 30.9. The normalized spacial score (nSPS) is 15.9. The monoisotopic (exact) mass is 413 g/mol. The van der Waals surface area contributed by atoms with Crippen LogP contribution in [0, 0.1) is 0 Å². The highest BCUT2D eigenvalue weighted by Crippen LogP contribution is 2.34. The molecule has 5 aromatic rings. The summed E-state index contributed by atoms with van der Waals surface area (Å²) in [5.74, 6) is -0.175. The van der Waals surface area contributed by atoms with Gasteiger partial charge in [0.2, 0.25) is 5.82 Å². The van der Waals surface area contributed by atoms with E-state index in [0.717, 1.165) is 16.9 Å². The van der Waals surface area contributed by atoms with Crippen molar-refractivity contribution in [2.75, 3.05) is 6.54 Å². The first kappa shape index (κ1) is 17.4. The lowest BCUT2D eigenvalue weighted by Crippen LogP contribution is -2.41. The molecule has 1 aliphatic rings. The van der Waals surface area contributed by atoms with E-state index in [2.05, 4.69) is 35.2 Å². The minimum atomic E-state index is -0.481. The molecule has 0 saturated carbocycles. The summed E-state index contributed by atoms with van der Waals surface area (Å²) in [5.41, 5.74) is 3.37. The van der Waals surface area contributed by atoms with Gasteiger partial charge in [0.15, 0.2) is 0 Å². The van der Waals surface area contributed by atoms with Crippen LogP contribution in [0.4, 0.5) is 0 Å². The fourth-order valence-corrected chi connectivity index (χ4v) is 3.82. The lowest BCUT2D eigenvalue weighted by atomic mass is 9.99. The highest BCUT2D eigenvalue weighted by Gasteiger charge is 2.38. The summed E-state index contributed by atoms with van der Waals surface area (Å²) in [5, 5.41) is 12.6. The van der Waals surface area contributed by atoms with E-state index < -0.39 is 11.9 Å². The van der Waals surface area contributed by atoms with Crippen molar-refractivity contribution in [3.63, 3.8) is 0 Å². The van der Waals surface area contributed by atoms with Crippen molar-refractivity contribution in [3.8, 4) is 11.7 Å². The first-order chi connectivity index (χ1) is 15.3. The Balaban J connectivity index is 1.40. The fourth-order valence-electron chi connectivity index (χ4n) is 3.82. The van der Waals surface area contributed by atoms with Gasteiger partial charge in [0.05, 0.1) is 23.2 Å². The van der Waals surface area contributed by atoms with Crippen LogP contribution >= 0.6 is 0 Å². The van der Waals surface area contributed by atoms with Crippen LogP contribution in [0.15, 0.2) is 59.7 Å². The zero-order valence-electron chi connectivity index (χ0n) is 16.1. The molecule has 6 heterocycles. The SMILES string of the molecule is O=C(c1nnc(-c2ncccn2)o1)N1CCc2[nH]cnc2C1c1cc2ccccn2n1. The molecule has 1 aliphatic heterocycles. The first-order valence-electron chi connectivity index (χ1n) is 9.66. The molecule has 31 heavy (non-hydrogen) atoms. The van der Waals surface area contributed by atoms with Crippen molar-refractivity contribution in [3.05, 3.63) is 78.2 Å². The molecular formula is C20H15N9O2. The number of aromatic nitrogens is 8. The number of hydrogen-bond acceptors (Lipinski definition) is 8. The number of aromatic amines is 1. The molecule has 1 atom stereocenters. The van der Waals surface area contributed by atoms with Crippen molar-refractivity contribution in [2.24, 2.45) is 0 Å². The summed E-state index contributed by atoms with van der Waals surface area (Å²) in [6.45, 7) is 0.451. The average molecular weight is 413 g/mol. The number of pyridine rings is 1. The molecule has 0 radical (unpaired) electrons. The molecule has 152 valence electrons. The summed E-state index contributed by atoms with van der Waals surface area (Å²) in [6.07, 6.45) is 7.27. The van der Waals surface area contributed by atoms with E-state index in [4.69, 9.17) is 4.42 Å². The van der Waals surface area contributed by atoms with E-state index in [1.54, 1.807) is 34.2 Å². The third kappa shape index (κ3) is 2.86. The number of fused-ring (bicyclic) bond motifs is 2. The molecule has 0 spiro atoms. The quantitative estimate of drug-likeness (QED) is 0.473. The van der Waals surface area contributed by atoms with Crippen LogP contribution in [0.2, 0.25) is 0 Å². The Bertz CT molecular complexity index is 1350. The van der Waals surface area contributed by atoms with E-state index in [1.165, 1.54) is 0 Å². The van der Waals surface area contributed by atoms with Gasteiger partial charge in [-0.05, 0) is 24.3 Å². The van der Waals surface area contributed by atoms with Crippen LogP contribution < -0.4 is 0 Å². The number of nitrogens with zero attached hydrogens (tertiary/aromatic N) is 8. The second-order valence-electron chi connectivity index (χ2n) is 7.04. The Labute approximate surface area is 174 Å². The second-order valence-corrected chi connectivity index (χ2v) is 7.04. The largest absolute Gasteiger partial charge is 0.409 e. The van der Waals surface area contributed by atoms with Crippen molar-refractivity contribution in [2.45, 2.75) is 12.5 Å². The third-order valence-electron chi connectivity index (χ3n) is 5.22.